The minimum atomic E-state index is -1.54. The average Bonchev–Trinajstić information content (AvgIpc) is 2.47. The van der Waals surface area contributed by atoms with Gasteiger partial charge in [-0.15, -0.1) is 0 Å². The number of hydrogen-bond acceptors (Lipinski definition) is 6. The highest BCUT2D eigenvalue weighted by Crippen LogP contribution is 2.20. The third-order valence-corrected chi connectivity index (χ3v) is 3.47. The molecule has 22 heavy (non-hydrogen) atoms. The van der Waals surface area contributed by atoms with Crippen LogP contribution in [0.4, 0.5) is 10.5 Å². The SMILES string of the molecule is Cc1cccc(NC(=O)N[C@@H]2[C@@H](O)[C@H](O)[C@@H](CO)O[C@@H]2O)c1. The molecule has 6 N–H and O–H groups in total. The summed E-state index contributed by atoms with van der Waals surface area (Å²) in [6.45, 7) is 1.31. The fourth-order valence-corrected chi connectivity index (χ4v) is 2.29. The molecule has 5 atom stereocenters. The van der Waals surface area contributed by atoms with Gasteiger partial charge in [0.05, 0.1) is 6.61 Å². The van der Waals surface area contributed by atoms with E-state index in [1.165, 1.54) is 0 Å². The van der Waals surface area contributed by atoms with Crippen LogP contribution in [-0.4, -0.2) is 63.7 Å². The van der Waals surface area contributed by atoms with Gasteiger partial charge in [-0.25, -0.2) is 4.79 Å². The Morgan fingerprint density at radius 2 is 2.00 bits per heavy atom. The molecule has 1 saturated heterocycles. The van der Waals surface area contributed by atoms with Crippen LogP contribution in [0.25, 0.3) is 0 Å². The van der Waals surface area contributed by atoms with E-state index in [-0.39, 0.29) is 0 Å². The van der Waals surface area contributed by atoms with Crippen LogP contribution in [0.5, 0.6) is 0 Å². The van der Waals surface area contributed by atoms with Crippen LogP contribution in [0, 0.1) is 6.92 Å². The third-order valence-electron chi connectivity index (χ3n) is 3.47. The maximum Gasteiger partial charge on any atom is 0.319 e. The minimum absolute atomic E-state index is 0.548. The Balaban J connectivity index is 1.98. The van der Waals surface area contributed by atoms with E-state index in [4.69, 9.17) is 9.84 Å². The first-order chi connectivity index (χ1) is 10.4. The summed E-state index contributed by atoms with van der Waals surface area (Å²) in [6, 6.07) is 5.20. The number of ether oxygens (including phenoxy) is 1. The summed E-state index contributed by atoms with van der Waals surface area (Å²) in [5.41, 5.74) is 1.51. The zero-order valence-electron chi connectivity index (χ0n) is 12.0. The van der Waals surface area contributed by atoms with Crippen LogP contribution in [0.1, 0.15) is 5.56 Å². The fraction of sp³-hybridized carbons (Fsp3) is 0.500. The zero-order chi connectivity index (χ0) is 16.3. The molecule has 0 saturated carbocycles. The van der Waals surface area contributed by atoms with Crippen LogP contribution >= 0.6 is 0 Å². The molecular formula is C14H20N2O6. The average molecular weight is 312 g/mol. The summed E-state index contributed by atoms with van der Waals surface area (Å²) in [4.78, 5) is 11.9. The molecule has 0 bridgehead atoms. The van der Waals surface area contributed by atoms with Gasteiger partial charge in [0, 0.05) is 5.69 Å². The summed E-state index contributed by atoms with van der Waals surface area (Å²) in [7, 11) is 0. The number of carbonyl (C=O) groups is 1. The minimum Gasteiger partial charge on any atom is -0.394 e. The summed E-state index contributed by atoms with van der Waals surface area (Å²) in [5.74, 6) is 0. The van der Waals surface area contributed by atoms with Crippen molar-refractivity contribution in [3.05, 3.63) is 29.8 Å². The Labute approximate surface area is 127 Å². The van der Waals surface area contributed by atoms with E-state index in [0.29, 0.717) is 5.69 Å². The van der Waals surface area contributed by atoms with Gasteiger partial charge < -0.3 is 35.8 Å². The number of aryl methyl sites for hydroxylation is 1. The van der Waals surface area contributed by atoms with Gasteiger partial charge in [-0.2, -0.15) is 0 Å². The third kappa shape index (κ3) is 3.73. The van der Waals surface area contributed by atoms with Crippen molar-refractivity contribution < 1.29 is 30.0 Å². The summed E-state index contributed by atoms with van der Waals surface area (Å²) in [6.07, 6.45) is -5.54. The van der Waals surface area contributed by atoms with E-state index in [2.05, 4.69) is 10.6 Å². The van der Waals surface area contributed by atoms with Crippen molar-refractivity contribution in [2.45, 2.75) is 37.6 Å². The van der Waals surface area contributed by atoms with Crippen LogP contribution in [-0.2, 0) is 4.74 Å². The van der Waals surface area contributed by atoms with Gasteiger partial charge in [0.25, 0.3) is 0 Å². The molecule has 8 heteroatoms. The summed E-state index contributed by atoms with van der Waals surface area (Å²) >= 11 is 0. The van der Waals surface area contributed by atoms with Gasteiger partial charge in [-0.1, -0.05) is 12.1 Å². The lowest BCUT2D eigenvalue weighted by Gasteiger charge is -2.40. The number of urea groups is 1. The number of rotatable bonds is 3. The summed E-state index contributed by atoms with van der Waals surface area (Å²) in [5, 5.41) is 43.3. The van der Waals surface area contributed by atoms with Crippen molar-refractivity contribution >= 4 is 11.7 Å². The van der Waals surface area contributed by atoms with Crippen LogP contribution in [0.3, 0.4) is 0 Å². The van der Waals surface area contributed by atoms with E-state index in [9.17, 15) is 20.1 Å². The molecule has 1 aliphatic rings. The number of aliphatic hydroxyl groups is 4. The van der Waals surface area contributed by atoms with E-state index in [1.54, 1.807) is 18.2 Å². The van der Waals surface area contributed by atoms with E-state index >= 15 is 0 Å². The van der Waals surface area contributed by atoms with E-state index in [0.717, 1.165) is 5.56 Å². The largest absolute Gasteiger partial charge is 0.394 e. The van der Waals surface area contributed by atoms with Crippen molar-refractivity contribution in [3.8, 4) is 0 Å². The molecule has 1 heterocycles. The van der Waals surface area contributed by atoms with Crippen molar-refractivity contribution in [3.63, 3.8) is 0 Å². The number of amides is 2. The van der Waals surface area contributed by atoms with E-state index < -0.39 is 43.3 Å². The van der Waals surface area contributed by atoms with Crippen molar-refractivity contribution in [2.75, 3.05) is 11.9 Å². The topological polar surface area (TPSA) is 131 Å². The second-order valence-corrected chi connectivity index (χ2v) is 5.22. The van der Waals surface area contributed by atoms with Crippen molar-refractivity contribution in [2.24, 2.45) is 0 Å². The predicted octanol–water partition coefficient (Wildman–Crippen LogP) is -1.08. The number of hydrogen-bond donors (Lipinski definition) is 6. The molecule has 0 spiro atoms. The highest BCUT2D eigenvalue weighted by atomic mass is 16.6. The Morgan fingerprint density at radius 1 is 1.27 bits per heavy atom. The molecule has 122 valence electrons. The lowest BCUT2D eigenvalue weighted by molar-refractivity contribution is -0.252. The smallest absolute Gasteiger partial charge is 0.319 e. The number of benzene rings is 1. The number of carbonyl (C=O) groups excluding carboxylic acids is 1. The molecule has 0 aliphatic carbocycles. The summed E-state index contributed by atoms with van der Waals surface area (Å²) < 4.78 is 4.95. The molecule has 0 aromatic heterocycles. The molecule has 8 nitrogen and oxygen atoms in total. The van der Waals surface area contributed by atoms with Gasteiger partial charge in [0.15, 0.2) is 6.29 Å². The van der Waals surface area contributed by atoms with Crippen molar-refractivity contribution in [1.82, 2.24) is 5.32 Å². The molecule has 1 fully saturated rings. The van der Waals surface area contributed by atoms with Gasteiger partial charge in [0.1, 0.15) is 24.4 Å². The quantitative estimate of drug-likeness (QED) is 0.421. The van der Waals surface area contributed by atoms with Crippen LogP contribution < -0.4 is 10.6 Å². The first kappa shape index (κ1) is 16.7. The zero-order valence-corrected chi connectivity index (χ0v) is 12.0. The monoisotopic (exact) mass is 312 g/mol. The van der Waals surface area contributed by atoms with Gasteiger partial charge in [-0.3, -0.25) is 0 Å². The van der Waals surface area contributed by atoms with Gasteiger partial charge in [-0.05, 0) is 24.6 Å². The first-order valence-corrected chi connectivity index (χ1v) is 6.87. The molecule has 1 aliphatic heterocycles. The molecular weight excluding hydrogens is 292 g/mol. The maximum atomic E-state index is 11.9. The lowest BCUT2D eigenvalue weighted by atomic mass is 9.97. The Morgan fingerprint density at radius 3 is 2.64 bits per heavy atom. The molecule has 1 aromatic rings. The van der Waals surface area contributed by atoms with E-state index in [1.807, 2.05) is 13.0 Å². The highest BCUT2D eigenvalue weighted by Gasteiger charge is 2.44. The number of aliphatic hydroxyl groups excluding tert-OH is 4. The Hall–Kier alpha value is -1.71. The number of nitrogens with one attached hydrogen (secondary N) is 2. The number of anilines is 1. The standard InChI is InChI=1S/C14H20N2O6/c1-7-3-2-4-8(5-7)15-14(21)16-10-12(19)11(18)9(6-17)22-13(10)20/h2-5,9-13,17-20H,6H2,1H3,(H2,15,16,21)/t9-,10-,11-,12-,13+/m1/s1. The van der Waals surface area contributed by atoms with Crippen molar-refractivity contribution in [1.29, 1.82) is 0 Å². The molecule has 1 aromatic carbocycles. The Kier molecular flexibility index (Phi) is 5.33. The van der Waals surface area contributed by atoms with Gasteiger partial charge >= 0.3 is 6.03 Å². The first-order valence-electron chi connectivity index (χ1n) is 6.87. The lowest BCUT2D eigenvalue weighted by Crippen LogP contribution is -2.64. The highest BCUT2D eigenvalue weighted by molar-refractivity contribution is 5.89. The Bertz CT molecular complexity index is 526. The molecule has 2 amide bonds. The second-order valence-electron chi connectivity index (χ2n) is 5.22. The predicted molar refractivity (Wildman–Crippen MR) is 77.1 cm³/mol. The molecule has 0 unspecified atom stereocenters. The van der Waals surface area contributed by atoms with Crippen LogP contribution in [0.2, 0.25) is 0 Å². The molecule has 2 rings (SSSR count). The normalized spacial score (nSPS) is 31.6. The molecule has 0 radical (unpaired) electrons. The second kappa shape index (κ2) is 7.03. The van der Waals surface area contributed by atoms with Crippen LogP contribution in [0.15, 0.2) is 24.3 Å². The van der Waals surface area contributed by atoms with Gasteiger partial charge in [0.2, 0.25) is 0 Å². The fourth-order valence-electron chi connectivity index (χ4n) is 2.29. The maximum absolute atomic E-state index is 11.9.